The van der Waals surface area contributed by atoms with Crippen molar-refractivity contribution in [2.45, 2.75) is 13.3 Å². The zero-order valence-corrected chi connectivity index (χ0v) is 12.0. The number of nitrogens with zero attached hydrogens (tertiary/aromatic N) is 3. The minimum Gasteiger partial charge on any atom is -0.328 e. The van der Waals surface area contributed by atoms with E-state index in [0.29, 0.717) is 11.5 Å². The molecule has 0 aliphatic rings. The Morgan fingerprint density at radius 1 is 1.23 bits per heavy atom. The van der Waals surface area contributed by atoms with Crippen molar-refractivity contribution in [2.75, 3.05) is 5.32 Å². The minimum absolute atomic E-state index is 0.0753. The number of hydrogen-bond acceptors (Lipinski definition) is 5. The minimum atomic E-state index is -0.430. The Bertz CT molecular complexity index is 784. The van der Waals surface area contributed by atoms with Crippen LogP contribution in [0.2, 0.25) is 0 Å². The SMILES string of the molecule is CCc1cccc(NC(=O)c2nc(-c3ccncc3)no2)c1. The van der Waals surface area contributed by atoms with Gasteiger partial charge in [0, 0.05) is 23.6 Å². The molecule has 3 aromatic rings. The van der Waals surface area contributed by atoms with Gasteiger partial charge in [-0.05, 0) is 36.2 Å². The lowest BCUT2D eigenvalue weighted by molar-refractivity contribution is 0.0981. The molecular weight excluding hydrogens is 280 g/mol. The van der Waals surface area contributed by atoms with Crippen LogP contribution in [0, 0.1) is 0 Å². The second-order valence-corrected chi connectivity index (χ2v) is 4.67. The monoisotopic (exact) mass is 294 g/mol. The van der Waals surface area contributed by atoms with E-state index in [9.17, 15) is 4.79 Å². The first-order chi connectivity index (χ1) is 10.8. The Hall–Kier alpha value is -3.02. The first-order valence-corrected chi connectivity index (χ1v) is 6.90. The fourth-order valence-corrected chi connectivity index (χ4v) is 1.99. The summed E-state index contributed by atoms with van der Waals surface area (Å²) in [5.41, 5.74) is 2.58. The number of anilines is 1. The maximum absolute atomic E-state index is 12.1. The number of carbonyl (C=O) groups is 1. The van der Waals surface area contributed by atoms with Crippen LogP contribution in [0.4, 0.5) is 5.69 Å². The van der Waals surface area contributed by atoms with Gasteiger partial charge in [-0.15, -0.1) is 0 Å². The maximum Gasteiger partial charge on any atom is 0.316 e. The highest BCUT2D eigenvalue weighted by Crippen LogP contribution is 2.16. The second kappa shape index (κ2) is 6.17. The molecule has 0 saturated carbocycles. The standard InChI is InChI=1S/C16H14N4O2/c1-2-11-4-3-5-13(10-11)18-15(21)16-19-14(20-22-16)12-6-8-17-9-7-12/h3-10H,2H2,1H3,(H,18,21). The molecular formula is C16H14N4O2. The van der Waals surface area contributed by atoms with Crippen molar-refractivity contribution in [3.63, 3.8) is 0 Å². The first-order valence-electron chi connectivity index (χ1n) is 6.90. The van der Waals surface area contributed by atoms with E-state index >= 15 is 0 Å². The zero-order valence-electron chi connectivity index (χ0n) is 12.0. The number of nitrogens with one attached hydrogen (secondary N) is 1. The van der Waals surface area contributed by atoms with Gasteiger partial charge in [0.15, 0.2) is 0 Å². The third kappa shape index (κ3) is 3.01. The van der Waals surface area contributed by atoms with Crippen molar-refractivity contribution < 1.29 is 9.32 Å². The molecule has 6 heteroatoms. The lowest BCUT2D eigenvalue weighted by Crippen LogP contribution is -2.12. The van der Waals surface area contributed by atoms with Gasteiger partial charge in [0.25, 0.3) is 0 Å². The molecule has 0 aliphatic heterocycles. The Labute approximate surface area is 127 Å². The normalized spacial score (nSPS) is 10.4. The van der Waals surface area contributed by atoms with Crippen LogP contribution in [0.5, 0.6) is 0 Å². The van der Waals surface area contributed by atoms with Crippen LogP contribution < -0.4 is 5.32 Å². The van der Waals surface area contributed by atoms with Gasteiger partial charge in [-0.1, -0.05) is 24.2 Å². The van der Waals surface area contributed by atoms with E-state index in [1.807, 2.05) is 24.3 Å². The van der Waals surface area contributed by atoms with E-state index in [1.165, 1.54) is 0 Å². The summed E-state index contributed by atoms with van der Waals surface area (Å²) < 4.78 is 5.02. The molecule has 2 aromatic heterocycles. The Balaban J connectivity index is 1.77. The summed E-state index contributed by atoms with van der Waals surface area (Å²) in [4.78, 5) is 20.2. The summed E-state index contributed by atoms with van der Waals surface area (Å²) >= 11 is 0. The van der Waals surface area contributed by atoms with Crippen molar-refractivity contribution in [3.8, 4) is 11.4 Å². The molecule has 0 spiro atoms. The van der Waals surface area contributed by atoms with Crippen LogP contribution in [-0.2, 0) is 6.42 Å². The van der Waals surface area contributed by atoms with E-state index in [0.717, 1.165) is 17.5 Å². The van der Waals surface area contributed by atoms with Crippen molar-refractivity contribution in [2.24, 2.45) is 0 Å². The van der Waals surface area contributed by atoms with Crippen molar-refractivity contribution >= 4 is 11.6 Å². The van der Waals surface area contributed by atoms with Gasteiger partial charge >= 0.3 is 11.8 Å². The number of hydrogen-bond donors (Lipinski definition) is 1. The molecule has 110 valence electrons. The summed E-state index contributed by atoms with van der Waals surface area (Å²) in [6.07, 6.45) is 4.15. The predicted molar refractivity (Wildman–Crippen MR) is 81.3 cm³/mol. The average Bonchev–Trinajstić information content (AvgIpc) is 3.06. The number of pyridine rings is 1. The molecule has 0 aliphatic carbocycles. The van der Waals surface area contributed by atoms with Gasteiger partial charge in [-0.25, -0.2) is 0 Å². The zero-order chi connectivity index (χ0) is 15.4. The quantitative estimate of drug-likeness (QED) is 0.800. The van der Waals surface area contributed by atoms with Gasteiger partial charge in [0.1, 0.15) is 0 Å². The van der Waals surface area contributed by atoms with Gasteiger partial charge in [0.2, 0.25) is 5.82 Å². The molecule has 0 unspecified atom stereocenters. The predicted octanol–water partition coefficient (Wildman–Crippen LogP) is 2.95. The number of amides is 1. The fourth-order valence-electron chi connectivity index (χ4n) is 1.99. The highest BCUT2D eigenvalue weighted by atomic mass is 16.5. The van der Waals surface area contributed by atoms with Crippen LogP contribution in [0.25, 0.3) is 11.4 Å². The number of benzene rings is 1. The Kier molecular flexibility index (Phi) is 3.91. The largest absolute Gasteiger partial charge is 0.328 e. The van der Waals surface area contributed by atoms with Crippen LogP contribution in [0.1, 0.15) is 23.2 Å². The number of aryl methyl sites for hydroxylation is 1. The molecule has 22 heavy (non-hydrogen) atoms. The molecule has 0 atom stereocenters. The Morgan fingerprint density at radius 2 is 2.05 bits per heavy atom. The molecule has 1 aromatic carbocycles. The van der Waals surface area contributed by atoms with E-state index in [1.54, 1.807) is 24.5 Å². The van der Waals surface area contributed by atoms with Gasteiger partial charge in [-0.2, -0.15) is 4.98 Å². The van der Waals surface area contributed by atoms with Crippen LogP contribution in [0.15, 0.2) is 53.3 Å². The van der Waals surface area contributed by atoms with Crippen LogP contribution in [-0.4, -0.2) is 21.0 Å². The summed E-state index contributed by atoms with van der Waals surface area (Å²) in [5, 5.41) is 6.56. The summed E-state index contributed by atoms with van der Waals surface area (Å²) in [6.45, 7) is 2.06. The average molecular weight is 294 g/mol. The van der Waals surface area contributed by atoms with E-state index in [2.05, 4.69) is 27.4 Å². The summed E-state index contributed by atoms with van der Waals surface area (Å²) in [6, 6.07) is 11.1. The maximum atomic E-state index is 12.1. The van der Waals surface area contributed by atoms with E-state index in [4.69, 9.17) is 4.52 Å². The van der Waals surface area contributed by atoms with E-state index in [-0.39, 0.29) is 5.89 Å². The Morgan fingerprint density at radius 3 is 2.82 bits per heavy atom. The lowest BCUT2D eigenvalue weighted by atomic mass is 10.1. The molecule has 0 saturated heterocycles. The smallest absolute Gasteiger partial charge is 0.316 e. The highest BCUT2D eigenvalue weighted by Gasteiger charge is 2.16. The van der Waals surface area contributed by atoms with Crippen molar-refractivity contribution in [3.05, 3.63) is 60.2 Å². The summed E-state index contributed by atoms with van der Waals surface area (Å²) in [5.74, 6) is -0.148. The summed E-state index contributed by atoms with van der Waals surface area (Å²) in [7, 11) is 0. The number of rotatable bonds is 4. The third-order valence-corrected chi connectivity index (χ3v) is 3.15. The molecule has 0 fully saturated rings. The van der Waals surface area contributed by atoms with Gasteiger partial charge in [-0.3, -0.25) is 9.78 Å². The molecule has 0 bridgehead atoms. The van der Waals surface area contributed by atoms with E-state index < -0.39 is 5.91 Å². The fraction of sp³-hybridized carbons (Fsp3) is 0.125. The number of aromatic nitrogens is 3. The molecule has 0 radical (unpaired) electrons. The first kappa shape index (κ1) is 13.9. The van der Waals surface area contributed by atoms with Crippen LogP contribution in [0.3, 0.4) is 0 Å². The second-order valence-electron chi connectivity index (χ2n) is 4.67. The molecule has 1 N–H and O–H groups in total. The highest BCUT2D eigenvalue weighted by molar-refractivity contribution is 6.01. The molecule has 1 amide bonds. The van der Waals surface area contributed by atoms with Gasteiger partial charge in [0.05, 0.1) is 0 Å². The topological polar surface area (TPSA) is 80.9 Å². The van der Waals surface area contributed by atoms with Crippen molar-refractivity contribution in [1.29, 1.82) is 0 Å². The molecule has 3 rings (SSSR count). The third-order valence-electron chi connectivity index (χ3n) is 3.15. The van der Waals surface area contributed by atoms with Crippen LogP contribution >= 0.6 is 0 Å². The number of carbonyl (C=O) groups excluding carboxylic acids is 1. The lowest BCUT2D eigenvalue weighted by Gasteiger charge is -2.03. The molecule has 6 nitrogen and oxygen atoms in total. The van der Waals surface area contributed by atoms with Gasteiger partial charge < -0.3 is 9.84 Å². The molecule has 2 heterocycles. The van der Waals surface area contributed by atoms with Crippen molar-refractivity contribution in [1.82, 2.24) is 15.1 Å².